The number of ketones is 1. The Labute approximate surface area is 138 Å². The van der Waals surface area contributed by atoms with E-state index in [4.69, 9.17) is 0 Å². The summed E-state index contributed by atoms with van der Waals surface area (Å²) < 4.78 is 0. The molecule has 6 rings (SSSR count). The molecule has 4 heterocycles. The van der Waals surface area contributed by atoms with Crippen molar-refractivity contribution in [3.05, 3.63) is 35.9 Å². The predicted molar refractivity (Wildman–Crippen MR) is 90.2 cm³/mol. The lowest BCUT2D eigenvalue weighted by Gasteiger charge is -2.71. The second-order valence-corrected chi connectivity index (χ2v) is 8.59. The Balaban J connectivity index is 1.63. The average Bonchev–Trinajstić information content (AvgIpc) is 2.57. The summed E-state index contributed by atoms with van der Waals surface area (Å²) in [6.07, 6.45) is 6.65. The van der Waals surface area contributed by atoms with Crippen molar-refractivity contribution in [2.24, 2.45) is 5.41 Å². The molecule has 5 fully saturated rings. The lowest BCUT2D eigenvalue weighted by atomic mass is 9.56. The molecule has 1 aliphatic carbocycles. The molecule has 1 aromatic carbocycles. The smallest absolute Gasteiger partial charge is 0.154 e. The van der Waals surface area contributed by atoms with Crippen LogP contribution in [0.2, 0.25) is 0 Å². The molecule has 3 heteroatoms. The summed E-state index contributed by atoms with van der Waals surface area (Å²) in [5.74, 6) is 0.495. The molecule has 3 nitrogen and oxygen atoms in total. The van der Waals surface area contributed by atoms with Crippen molar-refractivity contribution in [2.75, 3.05) is 26.2 Å². The van der Waals surface area contributed by atoms with Gasteiger partial charge in [-0.3, -0.25) is 14.6 Å². The molecule has 23 heavy (non-hydrogen) atoms. The minimum absolute atomic E-state index is 0.185. The largest absolute Gasteiger partial charge is 0.298 e. The Kier molecular flexibility index (Phi) is 2.75. The van der Waals surface area contributed by atoms with E-state index in [0.717, 1.165) is 26.2 Å². The molecule has 1 spiro atoms. The van der Waals surface area contributed by atoms with Crippen molar-refractivity contribution in [1.29, 1.82) is 0 Å². The fourth-order valence-electron chi connectivity index (χ4n) is 6.18. The molecular formula is C20H26N2O. The zero-order valence-electron chi connectivity index (χ0n) is 14.1. The van der Waals surface area contributed by atoms with Gasteiger partial charge in [-0.25, -0.2) is 0 Å². The maximum absolute atomic E-state index is 13.4. The summed E-state index contributed by atoms with van der Waals surface area (Å²) in [5, 5.41) is 0. The van der Waals surface area contributed by atoms with Crippen LogP contribution in [0.25, 0.3) is 0 Å². The molecule has 1 saturated carbocycles. The lowest BCUT2D eigenvalue weighted by Crippen LogP contribution is -2.84. The van der Waals surface area contributed by atoms with E-state index in [2.05, 4.69) is 47.1 Å². The Morgan fingerprint density at radius 2 is 1.48 bits per heavy atom. The van der Waals surface area contributed by atoms with Crippen LogP contribution in [-0.2, 0) is 10.2 Å². The summed E-state index contributed by atoms with van der Waals surface area (Å²) in [4.78, 5) is 18.8. The zero-order valence-corrected chi connectivity index (χ0v) is 14.1. The first-order valence-corrected chi connectivity index (χ1v) is 9.20. The average molecular weight is 310 g/mol. The molecule has 122 valence electrons. The van der Waals surface area contributed by atoms with Gasteiger partial charge in [-0.15, -0.1) is 0 Å². The van der Waals surface area contributed by atoms with Gasteiger partial charge in [-0.05, 0) is 18.4 Å². The number of benzene rings is 1. The van der Waals surface area contributed by atoms with E-state index in [1.165, 1.54) is 37.7 Å². The minimum atomic E-state index is -0.296. The number of nitrogens with zero attached hydrogens (tertiary/aromatic N) is 2. The highest BCUT2D eigenvalue weighted by Crippen LogP contribution is 2.55. The Morgan fingerprint density at radius 3 is 2.09 bits per heavy atom. The van der Waals surface area contributed by atoms with Crippen molar-refractivity contribution in [1.82, 2.24) is 9.80 Å². The summed E-state index contributed by atoms with van der Waals surface area (Å²) in [6.45, 7) is 6.01. The van der Waals surface area contributed by atoms with E-state index in [-0.39, 0.29) is 16.5 Å². The zero-order chi connectivity index (χ0) is 15.7. The van der Waals surface area contributed by atoms with E-state index in [1.54, 1.807) is 0 Å². The molecule has 0 aromatic heterocycles. The molecule has 5 aliphatic rings. The van der Waals surface area contributed by atoms with Crippen LogP contribution < -0.4 is 0 Å². The Morgan fingerprint density at radius 1 is 0.870 bits per heavy atom. The quantitative estimate of drug-likeness (QED) is 0.797. The van der Waals surface area contributed by atoms with Crippen molar-refractivity contribution in [3.8, 4) is 0 Å². The molecule has 0 radical (unpaired) electrons. The minimum Gasteiger partial charge on any atom is -0.298 e. The van der Waals surface area contributed by atoms with Gasteiger partial charge >= 0.3 is 0 Å². The third-order valence-electron chi connectivity index (χ3n) is 7.14. The third kappa shape index (κ3) is 1.65. The number of rotatable bonds is 1. The molecule has 2 unspecified atom stereocenters. The van der Waals surface area contributed by atoms with Crippen LogP contribution in [0.1, 0.15) is 44.6 Å². The fourth-order valence-corrected chi connectivity index (χ4v) is 6.18. The van der Waals surface area contributed by atoms with Gasteiger partial charge < -0.3 is 0 Å². The molecule has 0 amide bonds. The first-order chi connectivity index (χ1) is 11.1. The van der Waals surface area contributed by atoms with E-state index in [0.29, 0.717) is 5.78 Å². The Hall–Kier alpha value is -1.19. The van der Waals surface area contributed by atoms with Crippen LogP contribution in [-0.4, -0.2) is 47.4 Å². The highest BCUT2D eigenvalue weighted by Gasteiger charge is 2.68. The van der Waals surface area contributed by atoms with Gasteiger partial charge in [0, 0.05) is 26.2 Å². The molecule has 1 aromatic rings. The first kappa shape index (κ1) is 14.2. The van der Waals surface area contributed by atoms with Gasteiger partial charge in [0.25, 0.3) is 0 Å². The molecule has 0 N–H and O–H groups in total. The highest BCUT2D eigenvalue weighted by molar-refractivity contribution is 5.97. The second-order valence-electron chi connectivity index (χ2n) is 8.59. The maximum atomic E-state index is 13.4. The monoisotopic (exact) mass is 310 g/mol. The van der Waals surface area contributed by atoms with Crippen molar-refractivity contribution >= 4 is 5.78 Å². The van der Waals surface area contributed by atoms with Gasteiger partial charge in [-0.2, -0.15) is 0 Å². The molecule has 2 atom stereocenters. The van der Waals surface area contributed by atoms with E-state index in [1.807, 2.05) is 0 Å². The number of hydrogen-bond acceptors (Lipinski definition) is 3. The summed E-state index contributed by atoms with van der Waals surface area (Å²) in [5.41, 5.74) is 1.01. The van der Waals surface area contributed by atoms with E-state index < -0.39 is 0 Å². The first-order valence-electron chi connectivity index (χ1n) is 9.20. The van der Waals surface area contributed by atoms with E-state index in [9.17, 15) is 4.79 Å². The lowest BCUT2D eigenvalue weighted by molar-refractivity contribution is -0.226. The maximum Gasteiger partial charge on any atom is 0.154 e. The number of Topliss-reactive ketones (excluding diaryl/α,β-unsaturated/α-hetero) is 1. The molecular weight excluding hydrogens is 284 g/mol. The second kappa shape index (κ2) is 4.46. The fraction of sp³-hybridized carbons (Fsp3) is 0.650. The number of carbonyl (C=O) groups excluding carboxylic acids is 1. The normalized spacial score (nSPS) is 44.0. The van der Waals surface area contributed by atoms with Crippen LogP contribution in [0.4, 0.5) is 0 Å². The summed E-state index contributed by atoms with van der Waals surface area (Å²) in [7, 11) is 0. The third-order valence-corrected chi connectivity index (χ3v) is 7.14. The van der Waals surface area contributed by atoms with E-state index >= 15 is 0 Å². The number of carbonyl (C=O) groups is 1. The SMILES string of the molecule is CC12CN3CC(c4ccccc4)(CN(C1)C31CCCCC1)C2=O. The van der Waals surface area contributed by atoms with Gasteiger partial charge in [0.2, 0.25) is 0 Å². The van der Waals surface area contributed by atoms with Gasteiger partial charge in [-0.1, -0.05) is 56.5 Å². The van der Waals surface area contributed by atoms with Gasteiger partial charge in [0.15, 0.2) is 5.78 Å². The number of piperidine rings is 2. The van der Waals surface area contributed by atoms with Crippen molar-refractivity contribution < 1.29 is 4.79 Å². The van der Waals surface area contributed by atoms with Crippen LogP contribution in [0, 0.1) is 5.41 Å². The summed E-state index contributed by atoms with van der Waals surface area (Å²) in [6, 6.07) is 10.6. The van der Waals surface area contributed by atoms with Crippen LogP contribution in [0.3, 0.4) is 0 Å². The topological polar surface area (TPSA) is 23.6 Å². The van der Waals surface area contributed by atoms with Gasteiger partial charge in [0.05, 0.1) is 16.5 Å². The Bertz CT molecular complexity index is 629. The highest BCUT2D eigenvalue weighted by atomic mass is 16.1. The van der Waals surface area contributed by atoms with Crippen molar-refractivity contribution in [3.63, 3.8) is 0 Å². The van der Waals surface area contributed by atoms with Gasteiger partial charge in [0.1, 0.15) is 0 Å². The molecule has 4 bridgehead atoms. The molecule has 4 saturated heterocycles. The van der Waals surface area contributed by atoms with Crippen LogP contribution in [0.15, 0.2) is 30.3 Å². The number of hydrogen-bond donors (Lipinski definition) is 0. The predicted octanol–water partition coefficient (Wildman–Crippen LogP) is 2.81. The standard InChI is InChI=1S/C20H26N2O/c1-18-12-21-14-19(17(18)23,16-8-4-2-5-9-16)15-22(13-18)20(21)10-6-3-7-11-20/h2,4-5,8-9H,3,6-7,10-15H2,1H3. The van der Waals surface area contributed by atoms with Crippen molar-refractivity contribution in [2.45, 2.75) is 50.1 Å². The summed E-state index contributed by atoms with van der Waals surface area (Å²) >= 11 is 0. The van der Waals surface area contributed by atoms with Crippen LogP contribution in [0.5, 0.6) is 0 Å². The molecule has 4 aliphatic heterocycles. The van der Waals surface area contributed by atoms with Crippen LogP contribution >= 0.6 is 0 Å².